The second-order valence-electron chi connectivity index (χ2n) is 5.30. The predicted molar refractivity (Wildman–Crippen MR) is 68.3 cm³/mol. The number of amides is 1. The zero-order chi connectivity index (χ0) is 13.0. The number of ether oxygens (including phenoxy) is 1. The van der Waals surface area contributed by atoms with Gasteiger partial charge in [-0.15, -0.1) is 0 Å². The number of hydrogen-bond donors (Lipinski definition) is 1. The van der Waals surface area contributed by atoms with Crippen LogP contribution in [-0.2, 0) is 9.53 Å². The summed E-state index contributed by atoms with van der Waals surface area (Å²) in [4.78, 5) is 16.2. The highest BCUT2D eigenvalue weighted by Crippen LogP contribution is 2.24. The van der Waals surface area contributed by atoms with E-state index >= 15 is 0 Å². The Balaban J connectivity index is 1.83. The monoisotopic (exact) mass is 256 g/mol. The molecule has 1 amide bonds. The number of rotatable bonds is 5. The van der Waals surface area contributed by atoms with Gasteiger partial charge < -0.3 is 14.7 Å². The largest absolute Gasteiger partial charge is 0.395 e. The van der Waals surface area contributed by atoms with Crippen molar-refractivity contribution in [3.05, 3.63) is 0 Å². The molecule has 5 heteroatoms. The van der Waals surface area contributed by atoms with Gasteiger partial charge in [-0.3, -0.25) is 9.69 Å². The van der Waals surface area contributed by atoms with Crippen LogP contribution in [0.25, 0.3) is 0 Å². The van der Waals surface area contributed by atoms with Crippen molar-refractivity contribution < 1.29 is 14.6 Å². The van der Waals surface area contributed by atoms with E-state index in [0.717, 1.165) is 12.8 Å². The van der Waals surface area contributed by atoms with E-state index in [0.29, 0.717) is 38.8 Å². The molecule has 2 rings (SSSR count). The molecule has 0 bridgehead atoms. The molecule has 1 atom stereocenters. The predicted octanol–water partition coefficient (Wildman–Crippen LogP) is 0.0805. The van der Waals surface area contributed by atoms with Crippen molar-refractivity contribution in [2.75, 3.05) is 39.4 Å². The molecular weight excluding hydrogens is 232 g/mol. The molecule has 2 aliphatic rings. The van der Waals surface area contributed by atoms with E-state index in [9.17, 15) is 4.79 Å². The van der Waals surface area contributed by atoms with Crippen LogP contribution in [0.3, 0.4) is 0 Å². The van der Waals surface area contributed by atoms with Gasteiger partial charge >= 0.3 is 0 Å². The summed E-state index contributed by atoms with van der Waals surface area (Å²) in [7, 11) is 0. The smallest absolute Gasteiger partial charge is 0.236 e. The summed E-state index contributed by atoms with van der Waals surface area (Å²) < 4.78 is 5.44. The summed E-state index contributed by atoms with van der Waals surface area (Å²) in [6.45, 7) is 5.20. The van der Waals surface area contributed by atoms with Gasteiger partial charge in [0.05, 0.1) is 25.9 Å². The molecule has 0 aromatic carbocycles. The van der Waals surface area contributed by atoms with Crippen molar-refractivity contribution in [2.24, 2.45) is 0 Å². The minimum absolute atomic E-state index is 0.128. The maximum atomic E-state index is 12.2. The van der Waals surface area contributed by atoms with E-state index in [1.807, 2.05) is 11.8 Å². The van der Waals surface area contributed by atoms with Gasteiger partial charge in [-0.1, -0.05) is 6.42 Å². The van der Waals surface area contributed by atoms with Gasteiger partial charge in [0, 0.05) is 25.7 Å². The van der Waals surface area contributed by atoms with Crippen LogP contribution in [0.15, 0.2) is 0 Å². The average Bonchev–Trinajstić information content (AvgIpc) is 2.27. The highest BCUT2D eigenvalue weighted by atomic mass is 16.5. The first-order valence-electron chi connectivity index (χ1n) is 6.95. The standard InChI is InChI=1S/C13H24N2O3/c1-11-9-15(6-8-18-11)13(17)10-14(5-7-16)12-3-2-4-12/h11-12,16H,2-10H2,1H3. The van der Waals surface area contributed by atoms with E-state index in [1.165, 1.54) is 6.42 Å². The molecule has 0 spiro atoms. The third kappa shape index (κ3) is 3.43. The maximum Gasteiger partial charge on any atom is 0.236 e. The van der Waals surface area contributed by atoms with Gasteiger partial charge in [-0.25, -0.2) is 0 Å². The van der Waals surface area contributed by atoms with Crippen LogP contribution in [0.1, 0.15) is 26.2 Å². The fourth-order valence-corrected chi connectivity index (χ4v) is 2.59. The quantitative estimate of drug-likeness (QED) is 0.757. The molecule has 1 saturated carbocycles. The zero-order valence-corrected chi connectivity index (χ0v) is 11.2. The van der Waals surface area contributed by atoms with Gasteiger partial charge in [0.25, 0.3) is 0 Å². The summed E-state index contributed by atoms with van der Waals surface area (Å²) in [6.07, 6.45) is 3.70. The van der Waals surface area contributed by atoms with E-state index in [2.05, 4.69) is 4.90 Å². The van der Waals surface area contributed by atoms with Crippen LogP contribution in [0.5, 0.6) is 0 Å². The van der Waals surface area contributed by atoms with Gasteiger partial charge in [0.2, 0.25) is 5.91 Å². The first kappa shape index (κ1) is 13.8. The molecule has 1 aliphatic heterocycles. The second-order valence-corrected chi connectivity index (χ2v) is 5.30. The summed E-state index contributed by atoms with van der Waals surface area (Å²) in [5.41, 5.74) is 0. The Bertz CT molecular complexity index is 281. The number of carbonyl (C=O) groups excluding carboxylic acids is 1. The van der Waals surface area contributed by atoms with Crippen molar-refractivity contribution in [1.29, 1.82) is 0 Å². The van der Waals surface area contributed by atoms with E-state index < -0.39 is 0 Å². The van der Waals surface area contributed by atoms with Crippen LogP contribution in [0, 0.1) is 0 Å². The maximum absolute atomic E-state index is 12.2. The third-order valence-corrected chi connectivity index (χ3v) is 3.91. The molecule has 0 aromatic heterocycles. The Morgan fingerprint density at radius 2 is 2.28 bits per heavy atom. The molecule has 1 saturated heterocycles. The lowest BCUT2D eigenvalue weighted by Gasteiger charge is -2.39. The lowest BCUT2D eigenvalue weighted by atomic mass is 9.91. The second kappa shape index (κ2) is 6.50. The summed E-state index contributed by atoms with van der Waals surface area (Å²) in [5.74, 6) is 0.172. The lowest BCUT2D eigenvalue weighted by molar-refractivity contribution is -0.140. The third-order valence-electron chi connectivity index (χ3n) is 3.91. The molecule has 18 heavy (non-hydrogen) atoms. The normalized spacial score (nSPS) is 25.3. The SMILES string of the molecule is CC1CN(C(=O)CN(CCO)C2CCC2)CCO1. The Labute approximate surface area is 109 Å². The fourth-order valence-electron chi connectivity index (χ4n) is 2.59. The van der Waals surface area contributed by atoms with E-state index in [4.69, 9.17) is 9.84 Å². The van der Waals surface area contributed by atoms with E-state index in [1.54, 1.807) is 0 Å². The van der Waals surface area contributed by atoms with Crippen molar-refractivity contribution >= 4 is 5.91 Å². The Kier molecular flexibility index (Phi) is 4.97. The lowest BCUT2D eigenvalue weighted by Crippen LogP contribution is -2.51. The molecule has 1 N–H and O–H groups in total. The van der Waals surface area contributed by atoms with Crippen LogP contribution < -0.4 is 0 Å². The minimum Gasteiger partial charge on any atom is -0.395 e. The number of morpholine rings is 1. The highest BCUT2D eigenvalue weighted by Gasteiger charge is 2.28. The molecule has 0 radical (unpaired) electrons. The van der Waals surface area contributed by atoms with Crippen LogP contribution in [0.2, 0.25) is 0 Å². The summed E-state index contributed by atoms with van der Waals surface area (Å²) in [6, 6.07) is 0.500. The van der Waals surface area contributed by atoms with Crippen LogP contribution in [-0.4, -0.2) is 72.4 Å². The van der Waals surface area contributed by atoms with Crippen molar-refractivity contribution in [3.63, 3.8) is 0 Å². The van der Waals surface area contributed by atoms with Gasteiger partial charge in [-0.05, 0) is 19.8 Å². The van der Waals surface area contributed by atoms with Crippen molar-refractivity contribution in [2.45, 2.75) is 38.3 Å². The zero-order valence-electron chi connectivity index (χ0n) is 11.2. The van der Waals surface area contributed by atoms with Gasteiger partial charge in [0.15, 0.2) is 0 Å². The van der Waals surface area contributed by atoms with Crippen molar-refractivity contribution in [3.8, 4) is 0 Å². The first-order chi connectivity index (χ1) is 8.70. The Hall–Kier alpha value is -0.650. The minimum atomic E-state index is 0.128. The van der Waals surface area contributed by atoms with Gasteiger partial charge in [0.1, 0.15) is 0 Å². The van der Waals surface area contributed by atoms with Crippen LogP contribution in [0.4, 0.5) is 0 Å². The molecule has 0 aromatic rings. The summed E-state index contributed by atoms with van der Waals surface area (Å²) >= 11 is 0. The molecule has 1 unspecified atom stereocenters. The molecule has 1 aliphatic carbocycles. The van der Waals surface area contributed by atoms with Crippen LogP contribution >= 0.6 is 0 Å². The number of aliphatic hydroxyl groups is 1. The van der Waals surface area contributed by atoms with Gasteiger partial charge in [-0.2, -0.15) is 0 Å². The fraction of sp³-hybridized carbons (Fsp3) is 0.923. The Morgan fingerprint density at radius 1 is 1.50 bits per heavy atom. The molecule has 1 heterocycles. The Morgan fingerprint density at radius 3 is 2.83 bits per heavy atom. The average molecular weight is 256 g/mol. The summed E-state index contributed by atoms with van der Waals surface area (Å²) in [5, 5.41) is 9.08. The number of nitrogens with zero attached hydrogens (tertiary/aromatic N) is 2. The topological polar surface area (TPSA) is 53.0 Å². The number of hydrogen-bond acceptors (Lipinski definition) is 4. The highest BCUT2D eigenvalue weighted by molar-refractivity contribution is 5.78. The molecular formula is C13H24N2O3. The first-order valence-corrected chi connectivity index (χ1v) is 6.95. The molecule has 104 valence electrons. The molecule has 2 fully saturated rings. The number of carbonyl (C=O) groups is 1. The number of aliphatic hydroxyl groups excluding tert-OH is 1. The van der Waals surface area contributed by atoms with E-state index in [-0.39, 0.29) is 18.6 Å². The molecule has 5 nitrogen and oxygen atoms in total. The van der Waals surface area contributed by atoms with Crippen molar-refractivity contribution in [1.82, 2.24) is 9.80 Å².